The molecule has 0 aliphatic carbocycles. The van der Waals surface area contributed by atoms with Gasteiger partial charge in [0.25, 0.3) is 15.9 Å². The molecule has 7 nitrogen and oxygen atoms in total. The van der Waals surface area contributed by atoms with Gasteiger partial charge in [-0.15, -0.1) is 0 Å². The average Bonchev–Trinajstić information content (AvgIpc) is 3.25. The van der Waals surface area contributed by atoms with Gasteiger partial charge in [0.2, 0.25) is 0 Å². The number of nitrogens with zero attached hydrogens (tertiary/aromatic N) is 1. The maximum atomic E-state index is 13.1. The SMILES string of the molecule is Cc1ccc(C)c(OCC(=O)NC(=S)Nc2ccc(S(=O)(=O)N3CCc4ccccc43)cc2)c1. The predicted molar refractivity (Wildman–Crippen MR) is 137 cm³/mol. The van der Waals surface area contributed by atoms with E-state index in [1.165, 1.54) is 16.4 Å². The number of nitrogens with one attached hydrogen (secondary N) is 2. The lowest BCUT2D eigenvalue weighted by Gasteiger charge is -2.19. The Bertz CT molecular complexity index is 1340. The minimum absolute atomic E-state index is 0.0960. The highest BCUT2D eigenvalue weighted by Gasteiger charge is 2.30. The monoisotopic (exact) mass is 495 g/mol. The summed E-state index contributed by atoms with van der Waals surface area (Å²) in [6.45, 7) is 4.10. The average molecular weight is 496 g/mol. The van der Waals surface area contributed by atoms with Crippen LogP contribution in [0.5, 0.6) is 5.75 Å². The third-order valence-electron chi connectivity index (χ3n) is 5.50. The highest BCUT2D eigenvalue weighted by Crippen LogP contribution is 2.32. The summed E-state index contributed by atoms with van der Waals surface area (Å²) in [6, 6.07) is 19.5. The molecule has 2 N–H and O–H groups in total. The van der Waals surface area contributed by atoms with Crippen LogP contribution in [0.1, 0.15) is 16.7 Å². The van der Waals surface area contributed by atoms with E-state index in [-0.39, 0.29) is 16.6 Å². The summed E-state index contributed by atoms with van der Waals surface area (Å²) < 4.78 is 33.3. The number of fused-ring (bicyclic) bond motifs is 1. The molecule has 0 spiro atoms. The minimum atomic E-state index is -3.67. The van der Waals surface area contributed by atoms with Gasteiger partial charge in [-0.3, -0.25) is 14.4 Å². The van der Waals surface area contributed by atoms with Crippen LogP contribution in [0, 0.1) is 13.8 Å². The number of ether oxygens (including phenoxy) is 1. The summed E-state index contributed by atoms with van der Waals surface area (Å²) in [7, 11) is -3.67. The van der Waals surface area contributed by atoms with Crippen LogP contribution in [-0.4, -0.2) is 32.6 Å². The van der Waals surface area contributed by atoms with Gasteiger partial charge in [-0.1, -0.05) is 30.3 Å². The van der Waals surface area contributed by atoms with Gasteiger partial charge in [0, 0.05) is 12.2 Å². The van der Waals surface area contributed by atoms with Gasteiger partial charge >= 0.3 is 0 Å². The molecule has 0 saturated carbocycles. The minimum Gasteiger partial charge on any atom is -0.483 e. The van der Waals surface area contributed by atoms with Gasteiger partial charge < -0.3 is 10.1 Å². The van der Waals surface area contributed by atoms with E-state index in [4.69, 9.17) is 17.0 Å². The summed E-state index contributed by atoms with van der Waals surface area (Å²) in [6.07, 6.45) is 0.691. The van der Waals surface area contributed by atoms with Gasteiger partial charge in [-0.2, -0.15) is 0 Å². The summed E-state index contributed by atoms with van der Waals surface area (Å²) in [5, 5.41) is 5.55. The number of benzene rings is 3. The molecule has 0 aromatic heterocycles. The number of aryl methyl sites for hydroxylation is 2. The smallest absolute Gasteiger partial charge is 0.264 e. The quantitative estimate of drug-likeness (QED) is 0.504. The molecule has 1 heterocycles. The second-order valence-electron chi connectivity index (χ2n) is 8.04. The molecule has 176 valence electrons. The first kappa shape index (κ1) is 23.7. The van der Waals surface area contributed by atoms with Crippen molar-refractivity contribution in [2.45, 2.75) is 25.2 Å². The van der Waals surface area contributed by atoms with E-state index in [0.29, 0.717) is 24.4 Å². The standard InChI is InChI=1S/C25H25N3O4S2/c1-17-7-8-18(2)23(15-17)32-16-24(29)27-25(33)26-20-9-11-21(12-10-20)34(30,31)28-14-13-19-5-3-4-6-22(19)28/h3-12,15H,13-14,16H2,1-2H3,(H2,26,27,29,33). The van der Waals surface area contributed by atoms with Crippen molar-refractivity contribution in [1.82, 2.24) is 5.32 Å². The van der Waals surface area contributed by atoms with E-state index in [1.807, 2.05) is 56.3 Å². The van der Waals surface area contributed by atoms with Crippen LogP contribution in [0.25, 0.3) is 0 Å². The first-order valence-corrected chi connectivity index (χ1v) is 12.6. The molecular formula is C25H25N3O4S2. The van der Waals surface area contributed by atoms with Gasteiger partial charge in [-0.25, -0.2) is 8.42 Å². The van der Waals surface area contributed by atoms with E-state index >= 15 is 0 Å². The van der Waals surface area contributed by atoms with Crippen molar-refractivity contribution in [3.05, 3.63) is 83.4 Å². The molecule has 1 amide bonds. The number of para-hydroxylation sites is 1. The lowest BCUT2D eigenvalue weighted by molar-refractivity contribution is -0.121. The number of amides is 1. The summed E-state index contributed by atoms with van der Waals surface area (Å²) in [5.41, 5.74) is 4.27. The Labute approximate surface area is 204 Å². The van der Waals surface area contributed by atoms with Crippen molar-refractivity contribution >= 4 is 44.6 Å². The number of rotatable bonds is 6. The van der Waals surface area contributed by atoms with Crippen LogP contribution in [0.15, 0.2) is 71.6 Å². The first-order chi connectivity index (χ1) is 16.2. The Morgan fingerprint density at radius 3 is 2.56 bits per heavy atom. The second-order valence-corrected chi connectivity index (χ2v) is 10.3. The summed E-state index contributed by atoms with van der Waals surface area (Å²) >= 11 is 5.20. The number of anilines is 2. The lowest BCUT2D eigenvalue weighted by atomic mass is 10.1. The molecule has 3 aromatic carbocycles. The van der Waals surface area contributed by atoms with Crippen LogP contribution >= 0.6 is 12.2 Å². The van der Waals surface area contributed by atoms with Crippen LogP contribution < -0.4 is 19.7 Å². The number of carbonyl (C=O) groups excluding carboxylic acids is 1. The van der Waals surface area contributed by atoms with Gasteiger partial charge in [0.05, 0.1) is 10.6 Å². The molecule has 1 aliphatic heterocycles. The third kappa shape index (κ3) is 5.21. The largest absolute Gasteiger partial charge is 0.483 e. The van der Waals surface area contributed by atoms with E-state index in [0.717, 1.165) is 22.4 Å². The Kier molecular flexibility index (Phi) is 6.85. The van der Waals surface area contributed by atoms with Crippen LogP contribution in [0.2, 0.25) is 0 Å². The Balaban J connectivity index is 1.34. The molecule has 4 rings (SSSR count). The van der Waals surface area contributed by atoms with E-state index in [1.54, 1.807) is 12.1 Å². The molecule has 9 heteroatoms. The molecule has 0 radical (unpaired) electrons. The predicted octanol–water partition coefficient (Wildman–Crippen LogP) is 3.95. The Morgan fingerprint density at radius 1 is 1.06 bits per heavy atom. The zero-order valence-electron chi connectivity index (χ0n) is 18.9. The molecule has 0 bridgehead atoms. The molecule has 0 saturated heterocycles. The highest BCUT2D eigenvalue weighted by atomic mass is 32.2. The molecular weight excluding hydrogens is 470 g/mol. The third-order valence-corrected chi connectivity index (χ3v) is 7.53. The topological polar surface area (TPSA) is 87.7 Å². The number of hydrogen-bond acceptors (Lipinski definition) is 5. The molecule has 34 heavy (non-hydrogen) atoms. The van der Waals surface area contributed by atoms with E-state index in [2.05, 4.69) is 10.6 Å². The van der Waals surface area contributed by atoms with Crippen molar-refractivity contribution in [1.29, 1.82) is 0 Å². The van der Waals surface area contributed by atoms with E-state index in [9.17, 15) is 13.2 Å². The molecule has 0 atom stereocenters. The molecule has 1 aliphatic rings. The van der Waals surface area contributed by atoms with Crippen LogP contribution in [-0.2, 0) is 21.2 Å². The summed E-state index contributed by atoms with van der Waals surface area (Å²) in [4.78, 5) is 12.4. The molecule has 3 aromatic rings. The highest BCUT2D eigenvalue weighted by molar-refractivity contribution is 7.92. The fourth-order valence-electron chi connectivity index (χ4n) is 3.73. The van der Waals surface area contributed by atoms with Crippen molar-refractivity contribution < 1.29 is 17.9 Å². The maximum absolute atomic E-state index is 13.1. The molecule has 0 unspecified atom stereocenters. The van der Waals surface area contributed by atoms with Crippen molar-refractivity contribution in [3.8, 4) is 5.75 Å². The van der Waals surface area contributed by atoms with Crippen molar-refractivity contribution in [2.75, 3.05) is 22.8 Å². The zero-order chi connectivity index (χ0) is 24.3. The van der Waals surface area contributed by atoms with Crippen molar-refractivity contribution in [2.24, 2.45) is 0 Å². The number of carbonyl (C=O) groups is 1. The zero-order valence-corrected chi connectivity index (χ0v) is 20.5. The second kappa shape index (κ2) is 9.82. The lowest BCUT2D eigenvalue weighted by Crippen LogP contribution is -2.37. The summed E-state index contributed by atoms with van der Waals surface area (Å²) in [5.74, 6) is 0.247. The number of thiocarbonyl (C=S) groups is 1. The number of hydrogen-bond donors (Lipinski definition) is 2. The fraction of sp³-hybridized carbons (Fsp3) is 0.200. The van der Waals surface area contributed by atoms with Crippen molar-refractivity contribution in [3.63, 3.8) is 0 Å². The van der Waals surface area contributed by atoms with E-state index < -0.39 is 15.9 Å². The Morgan fingerprint density at radius 2 is 1.79 bits per heavy atom. The molecule has 0 fully saturated rings. The number of sulfonamides is 1. The van der Waals surface area contributed by atoms with Gasteiger partial charge in [0.1, 0.15) is 5.75 Å². The normalized spacial score (nSPS) is 12.7. The maximum Gasteiger partial charge on any atom is 0.264 e. The van der Waals surface area contributed by atoms with Gasteiger partial charge in [-0.05, 0) is 85.6 Å². The first-order valence-electron chi connectivity index (χ1n) is 10.8. The Hall–Kier alpha value is -3.43. The van der Waals surface area contributed by atoms with Crippen LogP contribution in [0.4, 0.5) is 11.4 Å². The van der Waals surface area contributed by atoms with Crippen LogP contribution in [0.3, 0.4) is 0 Å². The fourth-order valence-corrected chi connectivity index (χ4v) is 5.46. The van der Waals surface area contributed by atoms with Gasteiger partial charge in [0.15, 0.2) is 11.7 Å².